The van der Waals surface area contributed by atoms with Crippen LogP contribution in [0.25, 0.3) is 5.52 Å². The van der Waals surface area contributed by atoms with Crippen molar-refractivity contribution in [2.24, 2.45) is 0 Å². The van der Waals surface area contributed by atoms with Crippen LogP contribution in [0.5, 0.6) is 5.75 Å². The molecule has 3 heterocycles. The van der Waals surface area contributed by atoms with Gasteiger partial charge in [-0.25, -0.2) is 14.1 Å². The number of hydrogen-bond donors (Lipinski definition) is 5. The number of nitrogens with zero attached hydrogens (tertiary/aromatic N) is 4. The molecule has 1 fully saturated rings. The number of para-hydroxylation sites is 1. The standard InChI is InChI=1S/C21H23N6O8P/c1-12(20(30)31)26-36(32,35-13-5-3-2-4-6-13)33-9-15-17(28)18(29)21(10-22,34-15)16-8-7-14-19(23)24-11-25-27(14)16/h2-8,11-12,15,17-18,28-29H,9H2,1H3,(H,26,32)(H,30,31)(H2,23,24,25)/t12-,15+,17+,18+,21-,36?/m0/s1. The molecular weight excluding hydrogens is 495 g/mol. The Morgan fingerprint density at radius 2 is 2.08 bits per heavy atom. The largest absolute Gasteiger partial charge is 0.480 e. The fourth-order valence-electron chi connectivity index (χ4n) is 3.72. The maximum Gasteiger partial charge on any atom is 0.459 e. The van der Waals surface area contributed by atoms with E-state index in [2.05, 4.69) is 15.2 Å². The molecule has 1 aromatic carbocycles. The number of carboxylic acids is 1. The number of anilines is 1. The molecule has 1 unspecified atom stereocenters. The molecule has 3 aromatic rings. The molecule has 6 atom stereocenters. The van der Waals surface area contributed by atoms with E-state index in [-0.39, 0.29) is 17.3 Å². The Morgan fingerprint density at radius 1 is 1.36 bits per heavy atom. The highest BCUT2D eigenvalue weighted by atomic mass is 31.2. The third-order valence-electron chi connectivity index (χ3n) is 5.59. The molecule has 0 radical (unpaired) electrons. The number of nitrogen functional groups attached to an aromatic ring is 1. The van der Waals surface area contributed by atoms with Crippen LogP contribution in [0.4, 0.5) is 5.82 Å². The van der Waals surface area contributed by atoms with Gasteiger partial charge in [0.2, 0.25) is 5.60 Å². The topological polar surface area (TPSA) is 215 Å². The van der Waals surface area contributed by atoms with Gasteiger partial charge in [0.05, 0.1) is 12.3 Å². The van der Waals surface area contributed by atoms with Crippen LogP contribution in [0.3, 0.4) is 0 Å². The molecule has 14 nitrogen and oxygen atoms in total. The van der Waals surface area contributed by atoms with Crippen molar-refractivity contribution in [3.8, 4) is 11.8 Å². The fourth-order valence-corrected chi connectivity index (χ4v) is 5.23. The van der Waals surface area contributed by atoms with Gasteiger partial charge in [-0.05, 0) is 31.2 Å². The van der Waals surface area contributed by atoms with Gasteiger partial charge in [0.15, 0.2) is 5.82 Å². The normalized spacial score (nSPS) is 26.2. The van der Waals surface area contributed by atoms with Crippen LogP contribution in [0, 0.1) is 11.3 Å². The third kappa shape index (κ3) is 4.63. The van der Waals surface area contributed by atoms with Gasteiger partial charge in [-0.2, -0.15) is 15.4 Å². The monoisotopic (exact) mass is 518 g/mol. The number of aliphatic hydroxyl groups excluding tert-OH is 2. The van der Waals surface area contributed by atoms with Gasteiger partial charge in [-0.1, -0.05) is 18.2 Å². The molecule has 0 spiro atoms. The first kappa shape index (κ1) is 25.5. The maximum absolute atomic E-state index is 13.4. The molecule has 15 heteroatoms. The zero-order valence-electron chi connectivity index (χ0n) is 18.8. The summed E-state index contributed by atoms with van der Waals surface area (Å²) in [4.78, 5) is 15.2. The summed E-state index contributed by atoms with van der Waals surface area (Å²) in [7, 11) is -4.33. The second kappa shape index (κ2) is 9.82. The van der Waals surface area contributed by atoms with Crippen molar-refractivity contribution >= 4 is 25.1 Å². The Morgan fingerprint density at radius 3 is 2.75 bits per heavy atom. The van der Waals surface area contributed by atoms with E-state index >= 15 is 0 Å². The summed E-state index contributed by atoms with van der Waals surface area (Å²) in [5.74, 6) is -1.06. The maximum atomic E-state index is 13.4. The van der Waals surface area contributed by atoms with Gasteiger partial charge in [0, 0.05) is 0 Å². The fraction of sp³-hybridized carbons (Fsp3) is 0.333. The van der Waals surface area contributed by atoms with Crippen LogP contribution < -0.4 is 15.3 Å². The summed E-state index contributed by atoms with van der Waals surface area (Å²) < 4.78 is 31.3. The van der Waals surface area contributed by atoms with Gasteiger partial charge in [0.1, 0.15) is 48.0 Å². The van der Waals surface area contributed by atoms with Crippen LogP contribution in [-0.2, 0) is 24.2 Å². The minimum Gasteiger partial charge on any atom is -0.480 e. The van der Waals surface area contributed by atoms with Gasteiger partial charge >= 0.3 is 13.7 Å². The highest BCUT2D eigenvalue weighted by Gasteiger charge is 2.58. The van der Waals surface area contributed by atoms with Crippen LogP contribution in [0.2, 0.25) is 0 Å². The summed E-state index contributed by atoms with van der Waals surface area (Å²) in [5, 5.41) is 47.1. The summed E-state index contributed by atoms with van der Waals surface area (Å²) in [6, 6.07) is 11.4. The number of ether oxygens (including phenoxy) is 1. The third-order valence-corrected chi connectivity index (χ3v) is 7.23. The second-order valence-electron chi connectivity index (χ2n) is 7.99. The molecular formula is C21H23N6O8P. The molecule has 0 bridgehead atoms. The molecule has 190 valence electrons. The average molecular weight is 518 g/mol. The second-order valence-corrected chi connectivity index (χ2v) is 9.68. The zero-order valence-corrected chi connectivity index (χ0v) is 19.7. The summed E-state index contributed by atoms with van der Waals surface area (Å²) in [6.45, 7) is 0.606. The number of fused-ring (bicyclic) bond motifs is 1. The average Bonchev–Trinajstić information content (AvgIpc) is 3.39. The van der Waals surface area contributed by atoms with E-state index in [1.165, 1.54) is 35.7 Å². The Kier molecular flexibility index (Phi) is 6.96. The lowest BCUT2D eigenvalue weighted by atomic mass is 9.92. The number of nitriles is 1. The summed E-state index contributed by atoms with van der Waals surface area (Å²) in [5.41, 5.74) is 4.17. The lowest BCUT2D eigenvalue weighted by Gasteiger charge is -2.25. The lowest BCUT2D eigenvalue weighted by Crippen LogP contribution is -2.41. The lowest BCUT2D eigenvalue weighted by molar-refractivity contribution is -0.138. The SMILES string of the molecule is C[C@H](NP(=O)(OC[C@H]1O[C@@](C#N)(c2ccc3c(N)ncnn23)[C@H](O)[C@@H]1O)Oc1ccccc1)C(=O)O. The van der Waals surface area contributed by atoms with E-state index in [4.69, 9.17) is 19.5 Å². The van der Waals surface area contributed by atoms with Crippen molar-refractivity contribution in [1.82, 2.24) is 19.7 Å². The van der Waals surface area contributed by atoms with E-state index in [1.54, 1.807) is 18.2 Å². The number of nitrogens with two attached hydrogens (primary N) is 1. The molecule has 1 saturated heterocycles. The highest BCUT2D eigenvalue weighted by molar-refractivity contribution is 7.52. The smallest absolute Gasteiger partial charge is 0.459 e. The van der Waals surface area contributed by atoms with E-state index in [0.29, 0.717) is 5.52 Å². The molecule has 1 aliphatic rings. The van der Waals surface area contributed by atoms with E-state index in [1.807, 2.05) is 6.07 Å². The van der Waals surface area contributed by atoms with Gasteiger partial charge < -0.3 is 30.3 Å². The van der Waals surface area contributed by atoms with Crippen LogP contribution in [-0.4, -0.2) is 66.8 Å². The predicted octanol–water partition coefficient (Wildman–Crippen LogP) is 0.417. The van der Waals surface area contributed by atoms with Crippen molar-refractivity contribution in [3.63, 3.8) is 0 Å². The Bertz CT molecular complexity index is 1350. The predicted molar refractivity (Wildman–Crippen MR) is 122 cm³/mol. The minimum absolute atomic E-state index is 0.0736. The quantitative estimate of drug-likeness (QED) is 0.243. The van der Waals surface area contributed by atoms with Crippen molar-refractivity contribution < 1.29 is 38.5 Å². The number of carboxylic acid groups (broad SMARTS) is 1. The van der Waals surface area contributed by atoms with Crippen LogP contribution in [0.1, 0.15) is 12.6 Å². The zero-order chi connectivity index (χ0) is 26.1. The van der Waals surface area contributed by atoms with Crippen LogP contribution >= 0.6 is 7.75 Å². The first-order chi connectivity index (χ1) is 17.1. The van der Waals surface area contributed by atoms with E-state index < -0.39 is 50.3 Å². The highest BCUT2D eigenvalue weighted by Crippen LogP contribution is 2.47. The van der Waals surface area contributed by atoms with Gasteiger partial charge in [-0.15, -0.1) is 0 Å². The number of aliphatic hydroxyl groups is 2. The minimum atomic E-state index is -4.33. The van der Waals surface area contributed by atoms with Gasteiger partial charge in [-0.3, -0.25) is 9.32 Å². The molecule has 6 N–H and O–H groups in total. The van der Waals surface area contributed by atoms with Crippen molar-refractivity contribution in [2.75, 3.05) is 12.3 Å². The number of carbonyl (C=O) groups is 1. The summed E-state index contributed by atoms with van der Waals surface area (Å²) in [6.07, 6.45) is -3.62. The Labute approximate surface area is 204 Å². The Balaban J connectivity index is 1.59. The number of benzene rings is 1. The van der Waals surface area contributed by atoms with Crippen molar-refractivity contribution in [3.05, 3.63) is 54.5 Å². The number of nitrogens with one attached hydrogen (secondary N) is 1. The molecule has 1 aliphatic heterocycles. The molecule has 4 rings (SSSR count). The molecule has 36 heavy (non-hydrogen) atoms. The van der Waals surface area contributed by atoms with E-state index in [0.717, 1.165) is 6.33 Å². The van der Waals surface area contributed by atoms with Crippen molar-refractivity contribution in [2.45, 2.75) is 36.9 Å². The van der Waals surface area contributed by atoms with Gasteiger partial charge in [0.25, 0.3) is 0 Å². The molecule has 2 aromatic heterocycles. The van der Waals surface area contributed by atoms with Crippen molar-refractivity contribution in [1.29, 1.82) is 5.26 Å². The first-order valence-corrected chi connectivity index (χ1v) is 12.2. The number of aliphatic carboxylic acids is 1. The number of hydrogen-bond acceptors (Lipinski definition) is 11. The Hall–Kier alpha value is -3.57. The first-order valence-electron chi connectivity index (χ1n) is 10.6. The van der Waals surface area contributed by atoms with Crippen LogP contribution in [0.15, 0.2) is 48.8 Å². The molecule has 0 amide bonds. The summed E-state index contributed by atoms with van der Waals surface area (Å²) >= 11 is 0. The number of aromatic nitrogens is 3. The van der Waals surface area contributed by atoms with E-state index in [9.17, 15) is 29.9 Å². The molecule has 0 aliphatic carbocycles. The molecule has 0 saturated carbocycles. The number of rotatable bonds is 9.